The van der Waals surface area contributed by atoms with Crippen LogP contribution < -0.4 is 0 Å². The second-order valence-electron chi connectivity index (χ2n) is 7.22. The zero-order valence-electron chi connectivity index (χ0n) is 13.6. The lowest BCUT2D eigenvalue weighted by Gasteiger charge is -2.47. The fourth-order valence-electron chi connectivity index (χ4n) is 4.34. The average Bonchev–Trinajstić information content (AvgIpc) is 3.30. The van der Waals surface area contributed by atoms with Crippen LogP contribution in [0.2, 0.25) is 0 Å². The molecule has 3 fully saturated rings. The summed E-state index contributed by atoms with van der Waals surface area (Å²) in [5.74, 6) is 0.113. The summed E-state index contributed by atoms with van der Waals surface area (Å²) in [5, 5.41) is 1.86. The Morgan fingerprint density at radius 2 is 1.96 bits per heavy atom. The molecule has 3 aliphatic heterocycles. The molecule has 0 radical (unpaired) electrons. The van der Waals surface area contributed by atoms with Gasteiger partial charge in [0.1, 0.15) is 5.69 Å². The van der Waals surface area contributed by atoms with Crippen molar-refractivity contribution in [3.8, 4) is 0 Å². The molecule has 0 N–H and O–H groups in total. The SMILES string of the molecule is O=C(c1cscn1)N1CCC2(CC1)CCN(C1CCOC1)CC2. The quantitative estimate of drug-likeness (QED) is 0.832. The van der Waals surface area contributed by atoms with Crippen molar-refractivity contribution in [3.05, 3.63) is 16.6 Å². The number of amides is 1. The Morgan fingerprint density at radius 1 is 1.22 bits per heavy atom. The maximum Gasteiger partial charge on any atom is 0.273 e. The first-order valence-corrected chi connectivity index (χ1v) is 9.69. The van der Waals surface area contributed by atoms with Gasteiger partial charge in [0, 0.05) is 31.1 Å². The van der Waals surface area contributed by atoms with Crippen LogP contribution in [0.25, 0.3) is 0 Å². The summed E-state index contributed by atoms with van der Waals surface area (Å²) in [6, 6.07) is 0.652. The van der Waals surface area contributed by atoms with Gasteiger partial charge in [0.2, 0.25) is 0 Å². The molecule has 0 aliphatic carbocycles. The molecule has 1 unspecified atom stereocenters. The van der Waals surface area contributed by atoms with Crippen LogP contribution in [0.1, 0.15) is 42.6 Å². The summed E-state index contributed by atoms with van der Waals surface area (Å²) < 4.78 is 5.53. The zero-order chi connectivity index (χ0) is 15.7. The maximum absolute atomic E-state index is 12.4. The molecular formula is C17H25N3O2S. The molecule has 3 aliphatic rings. The normalized spacial score (nSPS) is 28.3. The van der Waals surface area contributed by atoms with Gasteiger partial charge < -0.3 is 9.64 Å². The van der Waals surface area contributed by atoms with Gasteiger partial charge in [-0.25, -0.2) is 4.98 Å². The molecule has 5 nitrogen and oxygen atoms in total. The van der Waals surface area contributed by atoms with Crippen molar-refractivity contribution in [2.24, 2.45) is 5.41 Å². The molecule has 3 saturated heterocycles. The predicted octanol–water partition coefficient (Wildman–Crippen LogP) is 2.25. The Morgan fingerprint density at radius 3 is 2.57 bits per heavy atom. The summed E-state index contributed by atoms with van der Waals surface area (Å²) in [5.41, 5.74) is 2.82. The van der Waals surface area contributed by atoms with E-state index in [2.05, 4.69) is 9.88 Å². The molecule has 6 heteroatoms. The lowest BCUT2D eigenvalue weighted by atomic mass is 9.71. The number of rotatable bonds is 2. The van der Waals surface area contributed by atoms with Crippen LogP contribution in [0.4, 0.5) is 0 Å². The molecule has 1 atom stereocenters. The number of piperidine rings is 2. The fourth-order valence-corrected chi connectivity index (χ4v) is 4.86. The third-order valence-electron chi connectivity index (χ3n) is 6.04. The lowest BCUT2D eigenvalue weighted by molar-refractivity contribution is 0.0173. The molecule has 0 aromatic carbocycles. The number of likely N-dealkylation sites (tertiary alicyclic amines) is 2. The van der Waals surface area contributed by atoms with Crippen molar-refractivity contribution in [1.82, 2.24) is 14.8 Å². The number of hydrogen-bond donors (Lipinski definition) is 0. The highest BCUT2D eigenvalue weighted by Gasteiger charge is 2.40. The first-order valence-electron chi connectivity index (χ1n) is 8.75. The van der Waals surface area contributed by atoms with Gasteiger partial charge in [0.05, 0.1) is 12.1 Å². The Bertz CT molecular complexity index is 524. The lowest BCUT2D eigenvalue weighted by Crippen LogP contribution is -2.50. The number of hydrogen-bond acceptors (Lipinski definition) is 5. The van der Waals surface area contributed by atoms with Gasteiger partial charge in [0.15, 0.2) is 0 Å². The molecule has 4 rings (SSSR count). The van der Waals surface area contributed by atoms with Crippen molar-refractivity contribution in [1.29, 1.82) is 0 Å². The molecule has 0 bridgehead atoms. The maximum atomic E-state index is 12.4. The monoisotopic (exact) mass is 335 g/mol. The Kier molecular flexibility index (Phi) is 4.39. The number of thiazole rings is 1. The first kappa shape index (κ1) is 15.5. The van der Waals surface area contributed by atoms with Crippen molar-refractivity contribution in [3.63, 3.8) is 0 Å². The number of carbonyl (C=O) groups is 1. The van der Waals surface area contributed by atoms with Gasteiger partial charge in [-0.05, 0) is 50.6 Å². The van der Waals surface area contributed by atoms with E-state index in [4.69, 9.17) is 4.74 Å². The fraction of sp³-hybridized carbons (Fsp3) is 0.765. The summed E-state index contributed by atoms with van der Waals surface area (Å²) in [4.78, 5) is 21.2. The van der Waals surface area contributed by atoms with E-state index in [1.54, 1.807) is 5.51 Å². The van der Waals surface area contributed by atoms with E-state index in [1.165, 1.54) is 43.7 Å². The number of ether oxygens (including phenoxy) is 1. The van der Waals surface area contributed by atoms with Crippen molar-refractivity contribution in [2.45, 2.75) is 38.1 Å². The molecule has 1 aromatic heterocycles. The van der Waals surface area contributed by atoms with Gasteiger partial charge in [-0.2, -0.15) is 0 Å². The van der Waals surface area contributed by atoms with Crippen LogP contribution in [0, 0.1) is 5.41 Å². The predicted molar refractivity (Wildman–Crippen MR) is 89.7 cm³/mol. The molecule has 1 spiro atoms. The van der Waals surface area contributed by atoms with E-state index in [1.807, 2.05) is 10.3 Å². The Balaban J connectivity index is 1.30. The van der Waals surface area contributed by atoms with Gasteiger partial charge >= 0.3 is 0 Å². The van der Waals surface area contributed by atoms with Gasteiger partial charge in [0.25, 0.3) is 5.91 Å². The smallest absolute Gasteiger partial charge is 0.273 e. The topological polar surface area (TPSA) is 45.7 Å². The van der Waals surface area contributed by atoms with Crippen LogP contribution in [0.3, 0.4) is 0 Å². The summed E-state index contributed by atoms with van der Waals surface area (Å²) in [6.07, 6.45) is 6.06. The largest absolute Gasteiger partial charge is 0.380 e. The van der Waals surface area contributed by atoms with Gasteiger partial charge in [-0.1, -0.05) is 0 Å². The summed E-state index contributed by atoms with van der Waals surface area (Å²) >= 11 is 1.49. The van der Waals surface area contributed by atoms with E-state index < -0.39 is 0 Å². The molecule has 1 aromatic rings. The molecule has 0 saturated carbocycles. The third-order valence-corrected chi connectivity index (χ3v) is 6.63. The van der Waals surface area contributed by atoms with Gasteiger partial charge in [-0.15, -0.1) is 11.3 Å². The molecule has 23 heavy (non-hydrogen) atoms. The first-order chi connectivity index (χ1) is 11.3. The Hall–Kier alpha value is -0.980. The molecule has 4 heterocycles. The number of nitrogens with zero attached hydrogens (tertiary/aromatic N) is 3. The van der Waals surface area contributed by atoms with Crippen LogP contribution >= 0.6 is 11.3 Å². The standard InChI is InChI=1S/C17H25N3O2S/c21-16(15-12-23-13-18-15)20-8-4-17(5-9-20)2-6-19(7-3-17)14-1-10-22-11-14/h12-14H,1-11H2. The van der Waals surface area contributed by atoms with Crippen LogP contribution in [-0.4, -0.2) is 66.1 Å². The van der Waals surface area contributed by atoms with Crippen molar-refractivity contribution < 1.29 is 9.53 Å². The minimum atomic E-state index is 0.113. The number of carbonyl (C=O) groups excluding carboxylic acids is 1. The van der Waals surface area contributed by atoms with E-state index in [0.717, 1.165) is 39.1 Å². The van der Waals surface area contributed by atoms with Crippen molar-refractivity contribution in [2.75, 3.05) is 39.4 Å². The van der Waals surface area contributed by atoms with E-state index in [0.29, 0.717) is 17.2 Å². The molecule has 1 amide bonds. The third kappa shape index (κ3) is 3.16. The second kappa shape index (κ2) is 6.49. The number of aromatic nitrogens is 1. The minimum Gasteiger partial charge on any atom is -0.380 e. The van der Waals surface area contributed by atoms with Crippen LogP contribution in [-0.2, 0) is 4.74 Å². The van der Waals surface area contributed by atoms with E-state index in [9.17, 15) is 4.79 Å². The summed E-state index contributed by atoms with van der Waals surface area (Å²) in [6.45, 7) is 6.04. The highest BCUT2D eigenvalue weighted by Crippen LogP contribution is 2.42. The molecule has 126 valence electrons. The second-order valence-corrected chi connectivity index (χ2v) is 7.94. The van der Waals surface area contributed by atoms with Crippen molar-refractivity contribution >= 4 is 17.2 Å². The van der Waals surface area contributed by atoms with E-state index >= 15 is 0 Å². The Labute approximate surface area is 141 Å². The minimum absolute atomic E-state index is 0.113. The zero-order valence-corrected chi connectivity index (χ0v) is 14.4. The van der Waals surface area contributed by atoms with Crippen LogP contribution in [0.5, 0.6) is 0 Å². The van der Waals surface area contributed by atoms with E-state index in [-0.39, 0.29) is 5.91 Å². The molecular weight excluding hydrogens is 310 g/mol. The highest BCUT2D eigenvalue weighted by atomic mass is 32.1. The summed E-state index contributed by atoms with van der Waals surface area (Å²) in [7, 11) is 0. The average molecular weight is 335 g/mol. The van der Waals surface area contributed by atoms with Gasteiger partial charge in [-0.3, -0.25) is 9.69 Å². The van der Waals surface area contributed by atoms with Crippen LogP contribution in [0.15, 0.2) is 10.9 Å². The highest BCUT2D eigenvalue weighted by molar-refractivity contribution is 7.07.